The van der Waals surface area contributed by atoms with Crippen LogP contribution in [0.4, 0.5) is 0 Å². The van der Waals surface area contributed by atoms with Crippen LogP contribution in [0.25, 0.3) is 0 Å². The molecule has 0 aromatic heterocycles. The summed E-state index contributed by atoms with van der Waals surface area (Å²) < 4.78 is 0. The lowest BCUT2D eigenvalue weighted by molar-refractivity contribution is 0.189. The molecule has 1 fully saturated rings. The molecule has 1 aliphatic rings. The number of hydrogen-bond acceptors (Lipinski definition) is 3. The van der Waals surface area contributed by atoms with E-state index in [0.29, 0.717) is 5.92 Å². The second-order valence-corrected chi connectivity index (χ2v) is 3.46. The fourth-order valence-electron chi connectivity index (χ4n) is 1.62. The Morgan fingerprint density at radius 2 is 2.00 bits per heavy atom. The van der Waals surface area contributed by atoms with Gasteiger partial charge in [0.1, 0.15) is 0 Å². The van der Waals surface area contributed by atoms with Crippen LogP contribution in [-0.4, -0.2) is 38.3 Å². The number of likely N-dealkylation sites (tertiary alicyclic amines) is 1. The van der Waals surface area contributed by atoms with E-state index in [1.54, 1.807) is 0 Å². The van der Waals surface area contributed by atoms with E-state index < -0.39 is 0 Å². The Morgan fingerprint density at radius 1 is 1.45 bits per heavy atom. The van der Waals surface area contributed by atoms with Gasteiger partial charge in [0, 0.05) is 0 Å². The third-order valence-corrected chi connectivity index (χ3v) is 2.60. The molecule has 0 saturated carbocycles. The number of hydrogen-bond donors (Lipinski definition) is 2. The Bertz CT molecular complexity index is 108. The number of nitrogens with zero attached hydrogens (tertiary/aromatic N) is 1. The van der Waals surface area contributed by atoms with Gasteiger partial charge >= 0.3 is 0 Å². The molecule has 1 unspecified atom stereocenters. The summed E-state index contributed by atoms with van der Waals surface area (Å²) in [4.78, 5) is 2.36. The van der Waals surface area contributed by atoms with Crippen molar-refractivity contribution in [2.45, 2.75) is 19.0 Å². The van der Waals surface area contributed by atoms with E-state index in [0.717, 1.165) is 0 Å². The van der Waals surface area contributed by atoms with Crippen LogP contribution in [0.5, 0.6) is 0 Å². The lowest BCUT2D eigenvalue weighted by Crippen LogP contribution is -2.46. The van der Waals surface area contributed by atoms with E-state index in [1.807, 2.05) is 7.05 Å². The van der Waals surface area contributed by atoms with Gasteiger partial charge in [-0.05, 0) is 45.9 Å². The molecule has 11 heavy (non-hydrogen) atoms. The standard InChI is InChI=1S/C8H19N3/c1-10-8(9)7-3-5-11(2)6-4-7/h7-8,10H,3-6,9H2,1-2H3. The summed E-state index contributed by atoms with van der Waals surface area (Å²) >= 11 is 0. The topological polar surface area (TPSA) is 41.3 Å². The Labute approximate surface area is 68.9 Å². The molecule has 0 aliphatic carbocycles. The minimum atomic E-state index is 0.198. The fourth-order valence-corrected chi connectivity index (χ4v) is 1.62. The van der Waals surface area contributed by atoms with Crippen molar-refractivity contribution >= 4 is 0 Å². The monoisotopic (exact) mass is 157 g/mol. The highest BCUT2D eigenvalue weighted by atomic mass is 15.1. The van der Waals surface area contributed by atoms with E-state index in [9.17, 15) is 0 Å². The predicted octanol–water partition coefficient (Wildman–Crippen LogP) is -0.168. The molecule has 1 heterocycles. The third-order valence-electron chi connectivity index (χ3n) is 2.60. The molecule has 0 aromatic rings. The molecule has 0 bridgehead atoms. The normalized spacial score (nSPS) is 25.4. The molecule has 1 rings (SSSR count). The smallest absolute Gasteiger partial charge is 0.0573 e. The van der Waals surface area contributed by atoms with Crippen LogP contribution in [0.3, 0.4) is 0 Å². The zero-order valence-corrected chi connectivity index (χ0v) is 7.51. The molecular weight excluding hydrogens is 138 g/mol. The highest BCUT2D eigenvalue weighted by Crippen LogP contribution is 2.16. The van der Waals surface area contributed by atoms with Gasteiger partial charge in [0.25, 0.3) is 0 Å². The van der Waals surface area contributed by atoms with Crippen molar-refractivity contribution in [1.82, 2.24) is 10.2 Å². The first kappa shape index (κ1) is 8.97. The van der Waals surface area contributed by atoms with Crippen LogP contribution in [0, 0.1) is 5.92 Å². The molecule has 3 heteroatoms. The average molecular weight is 157 g/mol. The molecule has 0 amide bonds. The van der Waals surface area contributed by atoms with Crippen molar-refractivity contribution in [3.8, 4) is 0 Å². The quantitative estimate of drug-likeness (QED) is 0.547. The number of piperidine rings is 1. The summed E-state index contributed by atoms with van der Waals surface area (Å²) in [5.74, 6) is 0.677. The molecule has 3 nitrogen and oxygen atoms in total. The zero-order valence-electron chi connectivity index (χ0n) is 7.51. The summed E-state index contributed by atoms with van der Waals surface area (Å²) in [6, 6.07) is 0. The second kappa shape index (κ2) is 4.04. The first-order chi connectivity index (χ1) is 5.24. The summed E-state index contributed by atoms with van der Waals surface area (Å²) in [6.07, 6.45) is 2.67. The summed E-state index contributed by atoms with van der Waals surface area (Å²) in [7, 11) is 4.10. The highest BCUT2D eigenvalue weighted by molar-refractivity contribution is 4.76. The van der Waals surface area contributed by atoms with E-state index in [2.05, 4.69) is 17.3 Å². The molecule has 0 aromatic carbocycles. The molecule has 1 saturated heterocycles. The van der Waals surface area contributed by atoms with Gasteiger partial charge in [-0.15, -0.1) is 0 Å². The summed E-state index contributed by atoms with van der Waals surface area (Å²) in [5, 5.41) is 3.11. The lowest BCUT2D eigenvalue weighted by atomic mass is 9.94. The molecule has 0 spiro atoms. The number of nitrogens with two attached hydrogens (primary N) is 1. The predicted molar refractivity (Wildman–Crippen MR) is 47.3 cm³/mol. The molecule has 66 valence electrons. The summed E-state index contributed by atoms with van der Waals surface area (Å²) in [6.45, 7) is 2.39. The fraction of sp³-hybridized carbons (Fsp3) is 1.00. The SMILES string of the molecule is CNC(N)C1CCN(C)CC1. The molecule has 1 aliphatic heterocycles. The minimum absolute atomic E-state index is 0.198. The summed E-state index contributed by atoms with van der Waals surface area (Å²) in [5.41, 5.74) is 5.86. The van der Waals surface area contributed by atoms with E-state index in [4.69, 9.17) is 5.73 Å². The van der Waals surface area contributed by atoms with Crippen LogP contribution in [0.15, 0.2) is 0 Å². The Kier molecular flexibility index (Phi) is 3.30. The van der Waals surface area contributed by atoms with E-state index in [-0.39, 0.29) is 6.17 Å². The van der Waals surface area contributed by atoms with Crippen molar-refractivity contribution in [1.29, 1.82) is 0 Å². The number of rotatable bonds is 2. The van der Waals surface area contributed by atoms with Crippen molar-refractivity contribution in [3.63, 3.8) is 0 Å². The molecular formula is C8H19N3. The van der Waals surface area contributed by atoms with Crippen LogP contribution in [0.2, 0.25) is 0 Å². The lowest BCUT2D eigenvalue weighted by Gasteiger charge is -2.32. The Morgan fingerprint density at radius 3 is 2.45 bits per heavy atom. The molecule has 3 N–H and O–H groups in total. The van der Waals surface area contributed by atoms with E-state index in [1.165, 1.54) is 25.9 Å². The van der Waals surface area contributed by atoms with Gasteiger partial charge in [0.05, 0.1) is 6.17 Å². The maximum Gasteiger partial charge on any atom is 0.0573 e. The maximum absolute atomic E-state index is 5.86. The van der Waals surface area contributed by atoms with Crippen LogP contribution in [0.1, 0.15) is 12.8 Å². The van der Waals surface area contributed by atoms with Gasteiger partial charge < -0.3 is 16.0 Å². The van der Waals surface area contributed by atoms with Crippen LogP contribution < -0.4 is 11.1 Å². The van der Waals surface area contributed by atoms with Crippen molar-refractivity contribution in [3.05, 3.63) is 0 Å². The van der Waals surface area contributed by atoms with Gasteiger partial charge in [-0.2, -0.15) is 0 Å². The van der Waals surface area contributed by atoms with Gasteiger partial charge in [0.2, 0.25) is 0 Å². The first-order valence-electron chi connectivity index (χ1n) is 4.35. The zero-order chi connectivity index (χ0) is 8.27. The number of nitrogens with one attached hydrogen (secondary N) is 1. The highest BCUT2D eigenvalue weighted by Gasteiger charge is 2.20. The van der Waals surface area contributed by atoms with Crippen LogP contribution in [-0.2, 0) is 0 Å². The maximum atomic E-state index is 5.86. The van der Waals surface area contributed by atoms with Crippen molar-refractivity contribution < 1.29 is 0 Å². The van der Waals surface area contributed by atoms with Crippen LogP contribution >= 0.6 is 0 Å². The Balaban J connectivity index is 2.27. The first-order valence-corrected chi connectivity index (χ1v) is 4.35. The third kappa shape index (κ3) is 2.43. The molecule has 0 radical (unpaired) electrons. The Hall–Kier alpha value is -0.120. The average Bonchev–Trinajstić information content (AvgIpc) is 2.05. The van der Waals surface area contributed by atoms with Crippen molar-refractivity contribution in [2.24, 2.45) is 11.7 Å². The minimum Gasteiger partial charge on any atom is -0.316 e. The van der Waals surface area contributed by atoms with Gasteiger partial charge in [0.15, 0.2) is 0 Å². The van der Waals surface area contributed by atoms with Crippen molar-refractivity contribution in [2.75, 3.05) is 27.2 Å². The van der Waals surface area contributed by atoms with Gasteiger partial charge in [-0.1, -0.05) is 0 Å². The van der Waals surface area contributed by atoms with Gasteiger partial charge in [-0.3, -0.25) is 0 Å². The van der Waals surface area contributed by atoms with Gasteiger partial charge in [-0.25, -0.2) is 0 Å². The largest absolute Gasteiger partial charge is 0.316 e. The van der Waals surface area contributed by atoms with E-state index >= 15 is 0 Å². The molecule has 1 atom stereocenters. The second-order valence-electron chi connectivity index (χ2n) is 3.46.